The topological polar surface area (TPSA) is 12.0 Å². The second-order valence-electron chi connectivity index (χ2n) is 3.85. The SMILES string of the molecule is CSCCCCNc1cc(Cl)cc(C(F)(F)F)c1. The van der Waals surface area contributed by atoms with E-state index in [0.717, 1.165) is 30.7 Å². The first kappa shape index (κ1) is 15.5. The number of alkyl halides is 3. The normalized spacial score (nSPS) is 11.6. The molecule has 1 aromatic rings. The van der Waals surface area contributed by atoms with Crippen molar-refractivity contribution in [3.05, 3.63) is 28.8 Å². The lowest BCUT2D eigenvalue weighted by Crippen LogP contribution is -2.07. The maximum atomic E-state index is 12.5. The van der Waals surface area contributed by atoms with Gasteiger partial charge in [-0.25, -0.2) is 0 Å². The predicted molar refractivity (Wildman–Crippen MR) is 72.6 cm³/mol. The lowest BCUT2D eigenvalue weighted by atomic mass is 10.2. The van der Waals surface area contributed by atoms with Crippen LogP contribution in [0.3, 0.4) is 0 Å². The molecule has 0 aromatic heterocycles. The Labute approximate surface area is 114 Å². The van der Waals surface area contributed by atoms with Crippen LogP contribution in [0.25, 0.3) is 0 Å². The summed E-state index contributed by atoms with van der Waals surface area (Å²) in [6, 6.07) is 3.52. The number of anilines is 1. The molecule has 102 valence electrons. The van der Waals surface area contributed by atoms with Crippen molar-refractivity contribution in [2.24, 2.45) is 0 Å². The van der Waals surface area contributed by atoms with Gasteiger partial charge < -0.3 is 5.32 Å². The van der Waals surface area contributed by atoms with Crippen LogP contribution in [-0.2, 0) is 6.18 Å². The third kappa shape index (κ3) is 5.40. The first-order valence-corrected chi connectivity index (χ1v) is 7.31. The number of thioether (sulfide) groups is 1. The quantitative estimate of drug-likeness (QED) is 0.748. The molecular weight excluding hydrogens is 283 g/mol. The molecule has 0 saturated carbocycles. The van der Waals surface area contributed by atoms with Crippen LogP contribution >= 0.6 is 23.4 Å². The van der Waals surface area contributed by atoms with Crippen molar-refractivity contribution in [1.29, 1.82) is 0 Å². The molecule has 0 bridgehead atoms. The first-order chi connectivity index (χ1) is 8.43. The maximum Gasteiger partial charge on any atom is 0.416 e. The second kappa shape index (κ2) is 7.14. The highest BCUT2D eigenvalue weighted by atomic mass is 35.5. The molecule has 0 unspecified atom stereocenters. The molecule has 18 heavy (non-hydrogen) atoms. The summed E-state index contributed by atoms with van der Waals surface area (Å²) in [7, 11) is 0. The lowest BCUT2D eigenvalue weighted by Gasteiger charge is -2.11. The lowest BCUT2D eigenvalue weighted by molar-refractivity contribution is -0.137. The van der Waals surface area contributed by atoms with Gasteiger partial charge in [-0.3, -0.25) is 0 Å². The third-order valence-corrected chi connectivity index (χ3v) is 3.24. The van der Waals surface area contributed by atoms with Gasteiger partial charge in [-0.05, 0) is 43.0 Å². The second-order valence-corrected chi connectivity index (χ2v) is 5.28. The number of hydrogen-bond acceptors (Lipinski definition) is 2. The Bertz CT molecular complexity index is 382. The molecule has 0 radical (unpaired) electrons. The Morgan fingerprint density at radius 1 is 1.22 bits per heavy atom. The Morgan fingerprint density at radius 2 is 1.94 bits per heavy atom. The summed E-state index contributed by atoms with van der Waals surface area (Å²) in [5.41, 5.74) is -0.305. The molecule has 0 fully saturated rings. The molecule has 1 rings (SSSR count). The zero-order valence-corrected chi connectivity index (χ0v) is 11.6. The first-order valence-electron chi connectivity index (χ1n) is 5.54. The Kier molecular flexibility index (Phi) is 6.15. The fourth-order valence-electron chi connectivity index (χ4n) is 1.46. The fourth-order valence-corrected chi connectivity index (χ4v) is 2.19. The third-order valence-electron chi connectivity index (χ3n) is 2.33. The molecule has 0 saturated heterocycles. The number of benzene rings is 1. The fraction of sp³-hybridized carbons (Fsp3) is 0.500. The zero-order valence-electron chi connectivity index (χ0n) is 9.98. The average molecular weight is 298 g/mol. The molecule has 1 nitrogen and oxygen atoms in total. The molecule has 1 N–H and O–H groups in total. The van der Waals surface area contributed by atoms with Gasteiger partial charge in [0.1, 0.15) is 0 Å². The van der Waals surface area contributed by atoms with Gasteiger partial charge in [-0.2, -0.15) is 24.9 Å². The molecule has 0 spiro atoms. The number of halogens is 4. The van der Waals surface area contributed by atoms with Gasteiger partial charge in [0.2, 0.25) is 0 Å². The highest BCUT2D eigenvalue weighted by Crippen LogP contribution is 2.33. The van der Waals surface area contributed by atoms with Gasteiger partial charge in [-0.1, -0.05) is 11.6 Å². The van der Waals surface area contributed by atoms with E-state index in [9.17, 15) is 13.2 Å². The number of rotatable bonds is 6. The summed E-state index contributed by atoms with van der Waals surface area (Å²) >= 11 is 7.43. The molecule has 6 heteroatoms. The van der Waals surface area contributed by atoms with Crippen LogP contribution in [0.1, 0.15) is 18.4 Å². The molecule has 0 aliphatic heterocycles. The molecule has 0 aliphatic rings. The van der Waals surface area contributed by atoms with E-state index >= 15 is 0 Å². The summed E-state index contributed by atoms with van der Waals surface area (Å²) in [6.45, 7) is 0.651. The van der Waals surface area contributed by atoms with Gasteiger partial charge in [0.15, 0.2) is 0 Å². The van der Waals surface area contributed by atoms with E-state index in [1.54, 1.807) is 11.8 Å². The molecule has 0 aliphatic carbocycles. The molecular formula is C12H15ClF3NS. The van der Waals surface area contributed by atoms with Crippen LogP contribution < -0.4 is 5.32 Å². The Balaban J connectivity index is 2.58. The van der Waals surface area contributed by atoms with E-state index in [1.807, 2.05) is 6.26 Å². The average Bonchev–Trinajstić information content (AvgIpc) is 2.27. The van der Waals surface area contributed by atoms with Crippen molar-refractivity contribution in [3.63, 3.8) is 0 Å². The van der Waals surface area contributed by atoms with Crippen LogP contribution in [0.2, 0.25) is 5.02 Å². The highest BCUT2D eigenvalue weighted by Gasteiger charge is 2.31. The van der Waals surface area contributed by atoms with Crippen molar-refractivity contribution < 1.29 is 13.2 Å². The van der Waals surface area contributed by atoms with Gasteiger partial charge in [0, 0.05) is 17.3 Å². The van der Waals surface area contributed by atoms with Crippen molar-refractivity contribution >= 4 is 29.1 Å². The maximum absolute atomic E-state index is 12.5. The van der Waals surface area contributed by atoms with Crippen LogP contribution in [0.5, 0.6) is 0 Å². The molecule has 1 aromatic carbocycles. The summed E-state index contributed by atoms with van der Waals surface area (Å²) in [5, 5.41) is 3.06. The summed E-state index contributed by atoms with van der Waals surface area (Å²) in [5.74, 6) is 1.06. The van der Waals surface area contributed by atoms with E-state index in [2.05, 4.69) is 5.32 Å². The van der Waals surface area contributed by atoms with E-state index in [4.69, 9.17) is 11.6 Å². The number of nitrogens with one attached hydrogen (secondary N) is 1. The summed E-state index contributed by atoms with van der Waals surface area (Å²) < 4.78 is 37.6. The Morgan fingerprint density at radius 3 is 2.56 bits per heavy atom. The predicted octanol–water partition coefficient (Wildman–Crippen LogP) is 4.91. The van der Waals surface area contributed by atoms with Crippen LogP contribution in [0.15, 0.2) is 18.2 Å². The monoisotopic (exact) mass is 297 g/mol. The number of hydrogen-bond donors (Lipinski definition) is 1. The van der Waals surface area contributed by atoms with Crippen LogP contribution in [0, 0.1) is 0 Å². The minimum absolute atomic E-state index is 0.0939. The van der Waals surface area contributed by atoms with Crippen molar-refractivity contribution in [2.75, 3.05) is 23.9 Å². The van der Waals surface area contributed by atoms with Gasteiger partial charge in [-0.15, -0.1) is 0 Å². The standard InChI is InChI=1S/C12H15ClF3NS/c1-18-5-3-2-4-17-11-7-9(12(14,15)16)6-10(13)8-11/h6-8,17H,2-5H2,1H3. The summed E-state index contributed by atoms with van der Waals surface area (Å²) in [4.78, 5) is 0. The van der Waals surface area contributed by atoms with Crippen molar-refractivity contribution in [3.8, 4) is 0 Å². The van der Waals surface area contributed by atoms with Crippen molar-refractivity contribution in [2.45, 2.75) is 19.0 Å². The van der Waals surface area contributed by atoms with Gasteiger partial charge in [0.25, 0.3) is 0 Å². The van der Waals surface area contributed by atoms with E-state index in [1.165, 1.54) is 6.07 Å². The molecule has 0 atom stereocenters. The zero-order chi connectivity index (χ0) is 13.6. The number of unbranched alkanes of at least 4 members (excludes halogenated alkanes) is 1. The van der Waals surface area contributed by atoms with Gasteiger partial charge >= 0.3 is 6.18 Å². The van der Waals surface area contributed by atoms with E-state index in [0.29, 0.717) is 12.2 Å². The Hall–Kier alpha value is -0.550. The van der Waals surface area contributed by atoms with Crippen LogP contribution in [-0.4, -0.2) is 18.6 Å². The van der Waals surface area contributed by atoms with Gasteiger partial charge in [0.05, 0.1) is 5.56 Å². The van der Waals surface area contributed by atoms with Crippen LogP contribution in [0.4, 0.5) is 18.9 Å². The van der Waals surface area contributed by atoms with Crippen molar-refractivity contribution in [1.82, 2.24) is 0 Å². The van der Waals surface area contributed by atoms with E-state index in [-0.39, 0.29) is 5.02 Å². The smallest absolute Gasteiger partial charge is 0.385 e. The molecule has 0 heterocycles. The van der Waals surface area contributed by atoms with E-state index < -0.39 is 11.7 Å². The summed E-state index contributed by atoms with van der Waals surface area (Å²) in [6.07, 6.45) is -0.365. The highest BCUT2D eigenvalue weighted by molar-refractivity contribution is 7.98. The largest absolute Gasteiger partial charge is 0.416 e. The minimum atomic E-state index is -4.36. The molecule has 0 amide bonds. The minimum Gasteiger partial charge on any atom is -0.385 e.